The van der Waals surface area contributed by atoms with Gasteiger partial charge in [-0.25, -0.2) is 0 Å². The van der Waals surface area contributed by atoms with E-state index in [1.54, 1.807) is 0 Å². The van der Waals surface area contributed by atoms with Crippen molar-refractivity contribution in [3.8, 4) is 0 Å². The third-order valence-electron chi connectivity index (χ3n) is 1.15. The second-order valence-electron chi connectivity index (χ2n) is 2.87. The summed E-state index contributed by atoms with van der Waals surface area (Å²) in [6.07, 6.45) is 3.97. The average molecular weight is 117 g/mol. The third kappa shape index (κ3) is 2.82. The van der Waals surface area contributed by atoms with E-state index < -0.39 is 0 Å². The van der Waals surface area contributed by atoms with Gasteiger partial charge in [-0.15, -0.1) is 0 Å². The van der Waals surface area contributed by atoms with Gasteiger partial charge in [-0.3, -0.25) is 0 Å². The van der Waals surface area contributed by atoms with Crippen LogP contribution < -0.4 is 0 Å². The van der Waals surface area contributed by atoms with Crippen molar-refractivity contribution >= 4 is 13.8 Å². The van der Waals surface area contributed by atoms with Gasteiger partial charge in [0, 0.05) is 0 Å². The van der Waals surface area contributed by atoms with Crippen molar-refractivity contribution in [1.82, 2.24) is 0 Å². The minimum Gasteiger partial charge on any atom is -0.0191 e. The molecular formula is C6H14P+. The third-order valence-corrected chi connectivity index (χ3v) is 3.44. The summed E-state index contributed by atoms with van der Waals surface area (Å²) >= 11 is 0. The lowest BCUT2D eigenvalue weighted by atomic mass is 10.3. The molecule has 0 aromatic rings. The van der Waals surface area contributed by atoms with Crippen LogP contribution in [0.15, 0.2) is 0 Å². The van der Waals surface area contributed by atoms with Crippen molar-refractivity contribution in [2.45, 2.75) is 25.9 Å². The first-order valence-corrected chi connectivity index (χ1v) is 4.46. The molecular weight excluding hydrogens is 103 g/mol. The highest BCUT2D eigenvalue weighted by molar-refractivity contribution is 7.56. The van der Waals surface area contributed by atoms with Crippen LogP contribution in [-0.4, -0.2) is 18.1 Å². The molecule has 42 valence electrons. The van der Waals surface area contributed by atoms with E-state index in [4.69, 9.17) is 0 Å². The van der Waals surface area contributed by atoms with Gasteiger partial charge in [0.25, 0.3) is 0 Å². The molecule has 0 saturated carbocycles. The molecule has 0 N–H and O–H groups in total. The molecule has 0 radical (unpaired) electrons. The van der Waals surface area contributed by atoms with Gasteiger partial charge in [0.15, 0.2) is 0 Å². The number of rotatable bonds is 0. The van der Waals surface area contributed by atoms with Crippen LogP contribution in [0.1, 0.15) is 20.8 Å². The van der Waals surface area contributed by atoms with Gasteiger partial charge in [-0.05, 0) is 20.8 Å². The van der Waals surface area contributed by atoms with Crippen molar-refractivity contribution in [3.63, 3.8) is 0 Å². The minimum absolute atomic E-state index is 0.00849. The molecule has 0 fully saturated rings. The fourth-order valence-electron chi connectivity index (χ4n) is 0. The fraction of sp³-hybridized carbons (Fsp3) is 0.833. The Morgan fingerprint density at radius 1 is 1.29 bits per heavy atom. The van der Waals surface area contributed by atoms with Gasteiger partial charge in [0.1, 0.15) is 5.16 Å². The average Bonchev–Trinajstić information content (AvgIpc) is 1.31. The van der Waals surface area contributed by atoms with Crippen molar-refractivity contribution in [1.29, 1.82) is 0 Å². The van der Waals surface area contributed by atoms with Crippen molar-refractivity contribution in [2.24, 2.45) is 0 Å². The molecule has 1 unspecified atom stereocenters. The van der Waals surface area contributed by atoms with E-state index >= 15 is 0 Å². The smallest absolute Gasteiger partial charge is 0.0191 e. The first-order chi connectivity index (χ1) is 2.94. The molecule has 1 atom stereocenters. The Morgan fingerprint density at radius 3 is 1.43 bits per heavy atom. The molecule has 0 aromatic heterocycles. The Hall–Kier alpha value is 0.170. The van der Waals surface area contributed by atoms with E-state index in [0.29, 0.717) is 5.16 Å². The van der Waals surface area contributed by atoms with E-state index in [1.807, 2.05) is 0 Å². The number of hydrogen-bond acceptors (Lipinski definition) is 0. The molecule has 7 heavy (non-hydrogen) atoms. The fourth-order valence-corrected chi connectivity index (χ4v) is 0. The maximum Gasteiger partial charge on any atom is 0.117 e. The molecule has 0 heterocycles. The normalized spacial score (nSPS) is 14.0. The minimum atomic E-state index is 0.00849. The summed E-state index contributed by atoms with van der Waals surface area (Å²) in [5.74, 6) is 0. The maximum absolute atomic E-state index is 3.97. The molecule has 0 aliphatic heterocycles. The van der Waals surface area contributed by atoms with Crippen molar-refractivity contribution < 1.29 is 0 Å². The van der Waals surface area contributed by atoms with Crippen LogP contribution in [0.3, 0.4) is 0 Å². The zero-order chi connectivity index (χ0) is 6.08. The largest absolute Gasteiger partial charge is 0.117 e. The van der Waals surface area contributed by atoms with Gasteiger partial charge in [-0.2, -0.15) is 0 Å². The van der Waals surface area contributed by atoms with Gasteiger partial charge in [-0.1, -0.05) is 0 Å². The summed E-state index contributed by atoms with van der Waals surface area (Å²) in [6, 6.07) is 0. The Bertz CT molecular complexity index is 76.7. The van der Waals surface area contributed by atoms with Crippen LogP contribution in [-0.2, 0) is 0 Å². The molecule has 0 rings (SSSR count). The summed E-state index contributed by atoms with van der Waals surface area (Å²) in [5, 5.41) is 0.454. The van der Waals surface area contributed by atoms with Gasteiger partial charge >= 0.3 is 0 Å². The van der Waals surface area contributed by atoms with E-state index in [0.717, 1.165) is 0 Å². The highest BCUT2D eigenvalue weighted by Gasteiger charge is 2.20. The number of hydrogen-bond donors (Lipinski definition) is 0. The molecule has 0 amide bonds. The van der Waals surface area contributed by atoms with E-state index in [1.165, 1.54) is 0 Å². The predicted octanol–water partition coefficient (Wildman–Crippen LogP) is 2.33. The van der Waals surface area contributed by atoms with Crippen LogP contribution in [0.25, 0.3) is 0 Å². The van der Waals surface area contributed by atoms with Crippen LogP contribution in [0.5, 0.6) is 0 Å². The van der Waals surface area contributed by atoms with Crippen molar-refractivity contribution in [3.05, 3.63) is 0 Å². The van der Waals surface area contributed by atoms with E-state index in [9.17, 15) is 0 Å². The predicted molar refractivity (Wildman–Crippen MR) is 39.7 cm³/mol. The molecule has 0 spiro atoms. The molecule has 0 aromatic carbocycles. The maximum atomic E-state index is 3.97. The highest BCUT2D eigenvalue weighted by atomic mass is 31.1. The molecule has 0 aliphatic carbocycles. The Kier molecular flexibility index (Phi) is 2.01. The molecule has 0 saturated heterocycles. The lowest BCUT2D eigenvalue weighted by molar-refractivity contribution is 0.795. The summed E-state index contributed by atoms with van der Waals surface area (Å²) in [4.78, 5) is 0. The Morgan fingerprint density at radius 2 is 1.43 bits per heavy atom. The van der Waals surface area contributed by atoms with E-state index in [2.05, 4.69) is 33.7 Å². The first kappa shape index (κ1) is 7.17. The van der Waals surface area contributed by atoms with Gasteiger partial charge < -0.3 is 0 Å². The SMILES string of the molecule is C=[P+](C)C(C)(C)C. The van der Waals surface area contributed by atoms with Crippen LogP contribution in [0.4, 0.5) is 0 Å². The van der Waals surface area contributed by atoms with Crippen LogP contribution >= 0.6 is 7.55 Å². The molecule has 0 aliphatic rings. The topological polar surface area (TPSA) is 0 Å². The summed E-state index contributed by atoms with van der Waals surface area (Å²) in [7, 11) is 0.00849. The van der Waals surface area contributed by atoms with Crippen LogP contribution in [0.2, 0.25) is 0 Å². The monoisotopic (exact) mass is 117 g/mol. The second-order valence-corrected chi connectivity index (χ2v) is 5.61. The van der Waals surface area contributed by atoms with E-state index in [-0.39, 0.29) is 7.55 Å². The first-order valence-electron chi connectivity index (χ1n) is 2.49. The lowest BCUT2D eigenvalue weighted by Crippen LogP contribution is -2.05. The van der Waals surface area contributed by atoms with Crippen LogP contribution in [0, 0.1) is 0 Å². The molecule has 0 nitrogen and oxygen atoms in total. The van der Waals surface area contributed by atoms with Crippen molar-refractivity contribution in [2.75, 3.05) is 6.66 Å². The standard InChI is InChI=1S/C6H14P/c1-6(2,3)7(4)5/h4H2,1-3,5H3/q+1. The summed E-state index contributed by atoms with van der Waals surface area (Å²) in [6.45, 7) is 8.89. The zero-order valence-corrected chi connectivity index (χ0v) is 6.55. The quantitative estimate of drug-likeness (QED) is 0.427. The lowest BCUT2D eigenvalue weighted by Gasteiger charge is -2.05. The Labute approximate surface area is 47.3 Å². The molecule has 0 bridgehead atoms. The second kappa shape index (κ2) is 1.96. The van der Waals surface area contributed by atoms with Gasteiger partial charge in [0.2, 0.25) is 0 Å². The van der Waals surface area contributed by atoms with Gasteiger partial charge in [0.05, 0.1) is 20.5 Å². The Balaban J connectivity index is 3.79. The zero-order valence-electron chi connectivity index (χ0n) is 5.65. The summed E-state index contributed by atoms with van der Waals surface area (Å²) in [5.41, 5.74) is 0. The summed E-state index contributed by atoms with van der Waals surface area (Å²) < 4.78 is 0. The molecule has 1 heteroatoms. The highest BCUT2D eigenvalue weighted by Crippen LogP contribution is 2.32.